The van der Waals surface area contributed by atoms with Crippen LogP contribution < -0.4 is 10.1 Å². The average Bonchev–Trinajstić information content (AvgIpc) is 2.93. The van der Waals surface area contributed by atoms with Crippen molar-refractivity contribution in [1.29, 1.82) is 0 Å². The largest absolute Gasteiger partial charge is 0.492 e. The van der Waals surface area contributed by atoms with Gasteiger partial charge in [0.2, 0.25) is 0 Å². The van der Waals surface area contributed by atoms with Crippen LogP contribution in [0.3, 0.4) is 0 Å². The zero-order chi connectivity index (χ0) is 29.9. The number of benzene rings is 3. The average molecular weight is 589 g/mol. The number of para-hydroxylation sites is 1. The standard InChI is InChI=1S/C31H30F6N4O/c1-21-15-29(27-7-2-3-8-28(27)38-21)39-25-17-24(31(35,36)37)18-26(19-25)42-14-13-40-9-11-41(12-10-40)20-22-5-4-6-23(16-22)30(32,33)34/h2-8,15-19H,9-14,20H2,1H3,(H,38,39). The first-order chi connectivity index (χ1) is 19.9. The van der Waals surface area contributed by atoms with Crippen LogP contribution in [0.5, 0.6) is 5.75 Å². The van der Waals surface area contributed by atoms with Crippen LogP contribution in [0, 0.1) is 6.92 Å². The molecule has 1 N–H and O–H groups in total. The Kier molecular flexibility index (Phi) is 8.60. The predicted molar refractivity (Wildman–Crippen MR) is 150 cm³/mol. The lowest BCUT2D eigenvalue weighted by Crippen LogP contribution is -2.47. The molecule has 0 unspecified atom stereocenters. The van der Waals surface area contributed by atoms with Crippen LogP contribution in [0.25, 0.3) is 10.9 Å². The van der Waals surface area contributed by atoms with Crippen LogP contribution in [0.2, 0.25) is 0 Å². The summed E-state index contributed by atoms with van der Waals surface area (Å²) < 4.78 is 86.0. The van der Waals surface area contributed by atoms with Crippen molar-refractivity contribution >= 4 is 22.3 Å². The molecule has 2 heterocycles. The lowest BCUT2D eigenvalue weighted by Gasteiger charge is -2.34. The van der Waals surface area contributed by atoms with Gasteiger partial charge in [-0.3, -0.25) is 14.8 Å². The van der Waals surface area contributed by atoms with E-state index in [1.165, 1.54) is 12.1 Å². The molecule has 0 aliphatic carbocycles. The molecule has 1 saturated heterocycles. The van der Waals surface area contributed by atoms with Crippen LogP contribution in [0.15, 0.2) is 72.8 Å². The van der Waals surface area contributed by atoms with E-state index in [0.717, 1.165) is 34.8 Å². The Hall–Kier alpha value is -3.83. The Morgan fingerprint density at radius 1 is 0.786 bits per heavy atom. The maximum absolute atomic E-state index is 13.7. The number of rotatable bonds is 8. The van der Waals surface area contributed by atoms with E-state index in [4.69, 9.17) is 4.74 Å². The van der Waals surface area contributed by atoms with Gasteiger partial charge in [0.05, 0.1) is 16.6 Å². The first-order valence-corrected chi connectivity index (χ1v) is 13.5. The summed E-state index contributed by atoms with van der Waals surface area (Å²) in [4.78, 5) is 8.69. The normalized spacial score (nSPS) is 15.2. The number of pyridine rings is 1. The molecule has 222 valence electrons. The molecule has 0 bridgehead atoms. The number of aryl methyl sites for hydroxylation is 1. The van der Waals surface area contributed by atoms with Crippen LogP contribution in [-0.2, 0) is 18.9 Å². The lowest BCUT2D eigenvalue weighted by atomic mass is 10.1. The number of alkyl halides is 6. The molecule has 1 aliphatic heterocycles. The van der Waals surface area contributed by atoms with E-state index in [1.807, 2.05) is 31.2 Å². The Bertz CT molecular complexity index is 1530. The zero-order valence-corrected chi connectivity index (χ0v) is 22.9. The third-order valence-electron chi connectivity index (χ3n) is 7.16. The summed E-state index contributed by atoms with van der Waals surface area (Å²) in [5.41, 5.74) is 1.48. The monoisotopic (exact) mass is 588 g/mol. The van der Waals surface area contributed by atoms with Gasteiger partial charge >= 0.3 is 12.4 Å². The van der Waals surface area contributed by atoms with Crippen LogP contribution >= 0.6 is 0 Å². The molecular formula is C31H30F6N4O. The summed E-state index contributed by atoms with van der Waals surface area (Å²) in [6.45, 7) is 5.60. The van der Waals surface area contributed by atoms with Crippen molar-refractivity contribution in [1.82, 2.24) is 14.8 Å². The molecule has 1 aliphatic rings. The minimum absolute atomic E-state index is 0.102. The van der Waals surface area contributed by atoms with Gasteiger partial charge in [-0.2, -0.15) is 26.3 Å². The second-order valence-corrected chi connectivity index (χ2v) is 10.4. The molecule has 0 spiro atoms. The van der Waals surface area contributed by atoms with Gasteiger partial charge in [-0.05, 0) is 42.8 Å². The number of aromatic nitrogens is 1. The number of hydrogen-bond acceptors (Lipinski definition) is 5. The van der Waals surface area contributed by atoms with Crippen LogP contribution in [0.1, 0.15) is 22.4 Å². The number of halogens is 6. The van der Waals surface area contributed by atoms with Crippen molar-refractivity contribution in [3.05, 3.63) is 95.2 Å². The number of hydrogen-bond donors (Lipinski definition) is 1. The molecule has 0 saturated carbocycles. The number of nitrogens with zero attached hydrogens (tertiary/aromatic N) is 3. The van der Waals surface area contributed by atoms with Crippen molar-refractivity contribution in [2.75, 3.05) is 44.6 Å². The molecule has 42 heavy (non-hydrogen) atoms. The maximum atomic E-state index is 13.7. The van der Waals surface area contributed by atoms with Crippen LogP contribution in [0.4, 0.5) is 37.7 Å². The summed E-state index contributed by atoms with van der Waals surface area (Å²) in [6.07, 6.45) is -8.93. The number of anilines is 2. The van der Waals surface area contributed by atoms with E-state index < -0.39 is 23.5 Å². The third-order valence-corrected chi connectivity index (χ3v) is 7.16. The molecule has 11 heteroatoms. The molecule has 5 nitrogen and oxygen atoms in total. The van der Waals surface area contributed by atoms with Crippen molar-refractivity contribution in [3.8, 4) is 5.75 Å². The van der Waals surface area contributed by atoms with Gasteiger partial charge in [0, 0.05) is 67.8 Å². The quantitative estimate of drug-likeness (QED) is 0.216. The third kappa shape index (κ3) is 7.51. The van der Waals surface area contributed by atoms with Crippen molar-refractivity contribution in [2.45, 2.75) is 25.8 Å². The Balaban J connectivity index is 1.19. The highest BCUT2D eigenvalue weighted by Gasteiger charge is 2.32. The number of nitrogens with one attached hydrogen (secondary N) is 1. The first kappa shape index (κ1) is 29.7. The summed E-state index contributed by atoms with van der Waals surface area (Å²) in [6, 6.07) is 18.1. The molecule has 0 atom stereocenters. The fraction of sp³-hybridized carbons (Fsp3) is 0.323. The lowest BCUT2D eigenvalue weighted by molar-refractivity contribution is -0.138. The van der Waals surface area contributed by atoms with E-state index in [1.54, 1.807) is 18.2 Å². The summed E-state index contributed by atoms with van der Waals surface area (Å²) in [7, 11) is 0. The SMILES string of the molecule is Cc1cc(Nc2cc(OCCN3CCN(Cc4cccc(C(F)(F)F)c4)CC3)cc(C(F)(F)F)c2)c2ccccc2n1. The Morgan fingerprint density at radius 3 is 2.24 bits per heavy atom. The molecule has 1 fully saturated rings. The highest BCUT2D eigenvalue weighted by Crippen LogP contribution is 2.36. The van der Waals surface area contributed by atoms with E-state index in [9.17, 15) is 26.3 Å². The molecule has 4 aromatic rings. The maximum Gasteiger partial charge on any atom is 0.416 e. The summed E-state index contributed by atoms with van der Waals surface area (Å²) in [5.74, 6) is 0.102. The number of ether oxygens (including phenoxy) is 1. The molecule has 3 aromatic carbocycles. The minimum atomic E-state index is -4.55. The fourth-order valence-corrected chi connectivity index (χ4v) is 5.05. The Morgan fingerprint density at radius 2 is 1.50 bits per heavy atom. The summed E-state index contributed by atoms with van der Waals surface area (Å²) >= 11 is 0. The van der Waals surface area contributed by atoms with E-state index >= 15 is 0 Å². The van der Waals surface area contributed by atoms with Gasteiger partial charge in [-0.25, -0.2) is 0 Å². The molecule has 0 radical (unpaired) electrons. The smallest absolute Gasteiger partial charge is 0.416 e. The minimum Gasteiger partial charge on any atom is -0.492 e. The molecule has 1 aromatic heterocycles. The fourth-order valence-electron chi connectivity index (χ4n) is 5.05. The number of piperazine rings is 1. The van der Waals surface area contributed by atoms with Gasteiger partial charge in [-0.1, -0.05) is 36.4 Å². The van der Waals surface area contributed by atoms with E-state index in [2.05, 4.69) is 20.1 Å². The summed E-state index contributed by atoms with van der Waals surface area (Å²) in [5, 5.41) is 3.91. The Labute approximate surface area is 239 Å². The van der Waals surface area contributed by atoms with Gasteiger partial charge in [0.1, 0.15) is 12.4 Å². The first-order valence-electron chi connectivity index (χ1n) is 13.5. The van der Waals surface area contributed by atoms with E-state index in [0.29, 0.717) is 50.5 Å². The van der Waals surface area contributed by atoms with Crippen molar-refractivity contribution in [3.63, 3.8) is 0 Å². The van der Waals surface area contributed by atoms with E-state index in [-0.39, 0.29) is 18.0 Å². The van der Waals surface area contributed by atoms with Gasteiger partial charge < -0.3 is 10.1 Å². The second-order valence-electron chi connectivity index (χ2n) is 10.4. The van der Waals surface area contributed by atoms with Crippen LogP contribution in [-0.4, -0.2) is 54.1 Å². The highest BCUT2D eigenvalue weighted by atomic mass is 19.4. The van der Waals surface area contributed by atoms with Gasteiger partial charge in [0.15, 0.2) is 0 Å². The molecule has 0 amide bonds. The van der Waals surface area contributed by atoms with Gasteiger partial charge in [0.25, 0.3) is 0 Å². The second kappa shape index (κ2) is 12.2. The zero-order valence-electron chi connectivity index (χ0n) is 22.9. The van der Waals surface area contributed by atoms with Crippen molar-refractivity contribution in [2.24, 2.45) is 0 Å². The molecular weight excluding hydrogens is 558 g/mol. The highest BCUT2D eigenvalue weighted by molar-refractivity contribution is 5.93. The van der Waals surface area contributed by atoms with Crippen molar-refractivity contribution < 1.29 is 31.1 Å². The predicted octanol–water partition coefficient (Wildman–Crippen LogP) is 7.52. The number of fused-ring (bicyclic) bond motifs is 1. The molecule has 5 rings (SSSR count). The van der Waals surface area contributed by atoms with Gasteiger partial charge in [-0.15, -0.1) is 0 Å². The topological polar surface area (TPSA) is 40.6 Å².